The number of rotatable bonds is 4. The summed E-state index contributed by atoms with van der Waals surface area (Å²) in [7, 11) is 0. The molecule has 0 atom stereocenters. The monoisotopic (exact) mass is 238 g/mol. The first kappa shape index (κ1) is 13.5. The topological polar surface area (TPSA) is 44.8 Å². The third-order valence-electron chi connectivity index (χ3n) is 1.78. The van der Waals surface area contributed by atoms with Crippen molar-refractivity contribution in [3.63, 3.8) is 0 Å². The van der Waals surface area contributed by atoms with Crippen LogP contribution in [0.2, 0.25) is 0 Å². The molecule has 0 aromatic heterocycles. The van der Waals surface area contributed by atoms with E-state index in [2.05, 4.69) is 0 Å². The lowest BCUT2D eigenvalue weighted by Crippen LogP contribution is -2.23. The van der Waals surface area contributed by atoms with Crippen LogP contribution in [0.1, 0.15) is 20.8 Å². The van der Waals surface area contributed by atoms with Crippen molar-refractivity contribution in [2.75, 3.05) is 13.2 Å². The van der Waals surface area contributed by atoms with Crippen LogP contribution >= 0.6 is 0 Å². The van der Waals surface area contributed by atoms with Gasteiger partial charge in [-0.25, -0.2) is 4.79 Å². The fraction of sp³-hybridized carbons (Fsp3) is 0.462. The van der Waals surface area contributed by atoms with E-state index in [4.69, 9.17) is 14.2 Å². The van der Waals surface area contributed by atoms with Crippen molar-refractivity contribution in [3.8, 4) is 5.75 Å². The molecular weight excluding hydrogens is 220 g/mol. The first-order chi connectivity index (χ1) is 7.97. The number of carbonyl (C=O) groups is 1. The first-order valence-corrected chi connectivity index (χ1v) is 5.51. The van der Waals surface area contributed by atoms with Crippen molar-refractivity contribution in [3.05, 3.63) is 30.3 Å². The first-order valence-electron chi connectivity index (χ1n) is 5.51. The molecule has 17 heavy (non-hydrogen) atoms. The van der Waals surface area contributed by atoms with Gasteiger partial charge in [0.1, 0.15) is 12.4 Å². The lowest BCUT2D eigenvalue weighted by Gasteiger charge is -2.19. The lowest BCUT2D eigenvalue weighted by atomic mass is 10.2. The van der Waals surface area contributed by atoms with Crippen molar-refractivity contribution in [1.29, 1.82) is 0 Å². The molecule has 0 aliphatic rings. The summed E-state index contributed by atoms with van der Waals surface area (Å²) >= 11 is 0. The van der Waals surface area contributed by atoms with Gasteiger partial charge in [-0.05, 0) is 32.9 Å². The number of benzene rings is 1. The van der Waals surface area contributed by atoms with Crippen LogP contribution in [-0.2, 0) is 9.47 Å². The summed E-state index contributed by atoms with van der Waals surface area (Å²) in [6.45, 7) is 6.36. The molecule has 0 saturated carbocycles. The average molecular weight is 238 g/mol. The Hall–Kier alpha value is -1.55. The van der Waals surface area contributed by atoms with Gasteiger partial charge in [0.2, 0.25) is 0 Å². The smallest absolute Gasteiger partial charge is 0.432 e. The van der Waals surface area contributed by atoms with Gasteiger partial charge in [0, 0.05) is 0 Å². The van der Waals surface area contributed by atoms with Crippen molar-refractivity contribution in [2.24, 2.45) is 0 Å². The van der Waals surface area contributed by atoms with Crippen molar-refractivity contribution >= 4 is 6.16 Å². The molecule has 0 aliphatic heterocycles. The Balaban J connectivity index is 2.18. The Morgan fingerprint density at radius 2 is 1.76 bits per heavy atom. The van der Waals surface area contributed by atoms with Crippen molar-refractivity contribution in [2.45, 2.75) is 26.4 Å². The summed E-state index contributed by atoms with van der Waals surface area (Å²) in [5.41, 5.74) is -0.229. The van der Waals surface area contributed by atoms with Crippen LogP contribution in [-0.4, -0.2) is 25.0 Å². The fourth-order valence-electron chi connectivity index (χ4n) is 1.09. The zero-order chi connectivity index (χ0) is 12.7. The van der Waals surface area contributed by atoms with E-state index in [-0.39, 0.29) is 12.2 Å². The molecule has 1 aromatic rings. The van der Waals surface area contributed by atoms with E-state index in [9.17, 15) is 4.79 Å². The minimum Gasteiger partial charge on any atom is -0.432 e. The summed E-state index contributed by atoms with van der Waals surface area (Å²) < 4.78 is 15.2. The predicted molar refractivity (Wildman–Crippen MR) is 64.1 cm³/mol. The van der Waals surface area contributed by atoms with E-state index in [0.717, 1.165) is 0 Å². The summed E-state index contributed by atoms with van der Waals surface area (Å²) in [4.78, 5) is 11.2. The fourth-order valence-corrected chi connectivity index (χ4v) is 1.09. The normalized spacial score (nSPS) is 11.0. The lowest BCUT2D eigenvalue weighted by molar-refractivity contribution is -0.0276. The Labute approximate surface area is 101 Å². The molecule has 0 amide bonds. The van der Waals surface area contributed by atoms with E-state index < -0.39 is 6.16 Å². The second kappa shape index (κ2) is 6.25. The molecule has 1 aromatic carbocycles. The second-order valence-electron chi connectivity index (χ2n) is 4.47. The van der Waals surface area contributed by atoms with Gasteiger partial charge in [-0.3, -0.25) is 0 Å². The molecule has 0 N–H and O–H groups in total. The molecule has 0 unspecified atom stereocenters. The van der Waals surface area contributed by atoms with Crippen LogP contribution in [0.15, 0.2) is 30.3 Å². The molecule has 0 bridgehead atoms. The molecule has 94 valence electrons. The molecular formula is C13H18O4. The molecule has 0 aliphatic carbocycles. The molecule has 4 nitrogen and oxygen atoms in total. The third-order valence-corrected chi connectivity index (χ3v) is 1.78. The largest absolute Gasteiger partial charge is 0.513 e. The quantitative estimate of drug-likeness (QED) is 0.459. The van der Waals surface area contributed by atoms with E-state index >= 15 is 0 Å². The maximum atomic E-state index is 11.2. The molecule has 1 rings (SSSR count). The highest BCUT2D eigenvalue weighted by Crippen LogP contribution is 2.09. The van der Waals surface area contributed by atoms with E-state index in [0.29, 0.717) is 12.4 Å². The van der Waals surface area contributed by atoms with Crippen LogP contribution in [0.3, 0.4) is 0 Å². The average Bonchev–Trinajstić information content (AvgIpc) is 2.25. The zero-order valence-corrected chi connectivity index (χ0v) is 10.4. The number of hydrogen-bond acceptors (Lipinski definition) is 4. The maximum absolute atomic E-state index is 11.2. The Bertz CT molecular complexity index is 340. The second-order valence-corrected chi connectivity index (χ2v) is 4.47. The standard InChI is InChI=1S/C13H18O4/c1-13(2,3)16-10-9-15-12(14)17-11-7-5-4-6-8-11/h4-8H,9-10H2,1-3H3. The van der Waals surface area contributed by atoms with Crippen molar-refractivity contribution < 1.29 is 19.0 Å². The van der Waals surface area contributed by atoms with Crippen LogP contribution in [0.25, 0.3) is 0 Å². The minimum atomic E-state index is -0.714. The van der Waals surface area contributed by atoms with Gasteiger partial charge in [-0.15, -0.1) is 0 Å². The Kier molecular flexibility index (Phi) is 4.97. The SMILES string of the molecule is CC(C)(C)OCCOC(=O)Oc1ccccc1. The molecule has 0 fully saturated rings. The number of hydrogen-bond donors (Lipinski definition) is 0. The van der Waals surface area contributed by atoms with Crippen LogP contribution in [0.5, 0.6) is 5.75 Å². The highest BCUT2D eigenvalue weighted by atomic mass is 16.7. The number of ether oxygens (including phenoxy) is 3. The number of para-hydroxylation sites is 1. The highest BCUT2D eigenvalue weighted by molar-refractivity contribution is 5.63. The third kappa shape index (κ3) is 6.58. The van der Waals surface area contributed by atoms with E-state index in [1.807, 2.05) is 26.8 Å². The van der Waals surface area contributed by atoms with Gasteiger partial charge in [-0.2, -0.15) is 0 Å². The van der Waals surface area contributed by atoms with E-state index in [1.165, 1.54) is 0 Å². The molecule has 0 spiro atoms. The van der Waals surface area contributed by atoms with Crippen molar-refractivity contribution in [1.82, 2.24) is 0 Å². The van der Waals surface area contributed by atoms with Gasteiger partial charge in [0.15, 0.2) is 0 Å². The van der Waals surface area contributed by atoms with Gasteiger partial charge in [0.25, 0.3) is 0 Å². The van der Waals surface area contributed by atoms with Gasteiger partial charge in [-0.1, -0.05) is 18.2 Å². The number of carbonyl (C=O) groups excluding carboxylic acids is 1. The van der Waals surface area contributed by atoms with Crippen LogP contribution < -0.4 is 4.74 Å². The summed E-state index contributed by atoms with van der Waals surface area (Å²) in [6.07, 6.45) is -0.714. The predicted octanol–water partition coefficient (Wildman–Crippen LogP) is 3.02. The summed E-state index contributed by atoms with van der Waals surface area (Å²) in [6, 6.07) is 8.78. The Morgan fingerprint density at radius 1 is 1.12 bits per heavy atom. The van der Waals surface area contributed by atoms with Crippen LogP contribution in [0, 0.1) is 0 Å². The molecule has 0 saturated heterocycles. The summed E-state index contributed by atoms with van der Waals surface area (Å²) in [5.74, 6) is 0.467. The maximum Gasteiger partial charge on any atom is 0.513 e. The van der Waals surface area contributed by atoms with E-state index in [1.54, 1.807) is 24.3 Å². The van der Waals surface area contributed by atoms with Crippen LogP contribution in [0.4, 0.5) is 4.79 Å². The van der Waals surface area contributed by atoms with Gasteiger partial charge < -0.3 is 14.2 Å². The highest BCUT2D eigenvalue weighted by Gasteiger charge is 2.10. The Morgan fingerprint density at radius 3 is 2.35 bits per heavy atom. The molecule has 0 heterocycles. The van der Waals surface area contributed by atoms with Gasteiger partial charge in [0.05, 0.1) is 12.2 Å². The molecule has 4 heteroatoms. The minimum absolute atomic E-state index is 0.183. The molecule has 0 radical (unpaired) electrons. The zero-order valence-electron chi connectivity index (χ0n) is 10.4. The van der Waals surface area contributed by atoms with Gasteiger partial charge >= 0.3 is 6.16 Å². The summed E-state index contributed by atoms with van der Waals surface area (Å²) in [5, 5.41) is 0.